The van der Waals surface area contributed by atoms with Crippen molar-refractivity contribution in [2.75, 3.05) is 0 Å². The highest BCUT2D eigenvalue weighted by molar-refractivity contribution is 5.75. The highest BCUT2D eigenvalue weighted by Gasteiger charge is 2.21. The number of esters is 1. The fourth-order valence-corrected chi connectivity index (χ4v) is 1.00. The highest BCUT2D eigenvalue weighted by Crippen LogP contribution is 2.08. The Bertz CT molecular complexity index is 184. The molecule has 3 heteroatoms. The maximum absolute atomic E-state index is 11.5. The van der Waals surface area contributed by atoms with Gasteiger partial charge in [0, 0.05) is 6.04 Å². The minimum atomic E-state index is -0.400. The van der Waals surface area contributed by atoms with Gasteiger partial charge in [-0.15, -0.1) is 0 Å². The van der Waals surface area contributed by atoms with Crippen LogP contribution in [-0.2, 0) is 9.53 Å². The van der Waals surface area contributed by atoms with Gasteiger partial charge in [0.25, 0.3) is 0 Å². The number of rotatable bonds is 4. The summed E-state index contributed by atoms with van der Waals surface area (Å²) in [6, 6.07) is 0.113. The first-order chi connectivity index (χ1) is 6.26. The van der Waals surface area contributed by atoms with Crippen LogP contribution in [-0.4, -0.2) is 23.7 Å². The molecule has 0 saturated heterocycles. The van der Waals surface area contributed by atoms with Crippen molar-refractivity contribution in [1.29, 1.82) is 0 Å². The van der Waals surface area contributed by atoms with E-state index in [2.05, 4.69) is 19.2 Å². The van der Waals surface area contributed by atoms with E-state index in [0.717, 1.165) is 6.42 Å². The normalized spacial score (nSPS) is 16.1. The lowest BCUT2D eigenvalue weighted by molar-refractivity contribution is -0.157. The van der Waals surface area contributed by atoms with Crippen LogP contribution in [0.15, 0.2) is 0 Å². The van der Waals surface area contributed by atoms with Crippen LogP contribution in [0.1, 0.15) is 48.0 Å². The van der Waals surface area contributed by atoms with Gasteiger partial charge in [-0.3, -0.25) is 4.79 Å². The van der Waals surface area contributed by atoms with Crippen molar-refractivity contribution in [1.82, 2.24) is 5.32 Å². The van der Waals surface area contributed by atoms with E-state index < -0.39 is 5.60 Å². The number of nitrogens with one attached hydrogen (secondary N) is 1. The van der Waals surface area contributed by atoms with Gasteiger partial charge in [-0.2, -0.15) is 0 Å². The summed E-state index contributed by atoms with van der Waals surface area (Å²) >= 11 is 0. The Labute approximate surface area is 87.2 Å². The van der Waals surface area contributed by atoms with Crippen molar-refractivity contribution in [2.24, 2.45) is 0 Å². The second-order valence-corrected chi connectivity index (χ2v) is 4.73. The second-order valence-electron chi connectivity index (χ2n) is 4.73. The molecule has 0 fully saturated rings. The smallest absolute Gasteiger partial charge is 0.323 e. The van der Waals surface area contributed by atoms with Gasteiger partial charge in [0.15, 0.2) is 0 Å². The molecule has 0 bridgehead atoms. The molecule has 0 aromatic carbocycles. The average Bonchev–Trinajstić information content (AvgIpc) is 2.00. The number of carbonyl (C=O) groups is 1. The molecule has 0 aliphatic carbocycles. The van der Waals surface area contributed by atoms with Gasteiger partial charge in [0.1, 0.15) is 11.6 Å². The molecule has 0 saturated carbocycles. The van der Waals surface area contributed by atoms with E-state index in [4.69, 9.17) is 4.74 Å². The zero-order valence-electron chi connectivity index (χ0n) is 10.2. The molecule has 0 aromatic heterocycles. The van der Waals surface area contributed by atoms with E-state index in [1.807, 2.05) is 27.7 Å². The Morgan fingerprint density at radius 2 is 1.86 bits per heavy atom. The van der Waals surface area contributed by atoms with E-state index in [0.29, 0.717) is 6.04 Å². The number of hydrogen-bond acceptors (Lipinski definition) is 3. The number of hydrogen-bond donors (Lipinski definition) is 1. The molecular weight excluding hydrogens is 178 g/mol. The third-order valence-corrected chi connectivity index (χ3v) is 1.91. The van der Waals surface area contributed by atoms with Crippen LogP contribution in [0.2, 0.25) is 0 Å². The van der Waals surface area contributed by atoms with Crippen LogP contribution in [0.25, 0.3) is 0 Å². The average molecular weight is 201 g/mol. The Morgan fingerprint density at radius 3 is 2.21 bits per heavy atom. The van der Waals surface area contributed by atoms with Gasteiger partial charge in [0.2, 0.25) is 0 Å². The van der Waals surface area contributed by atoms with Crippen molar-refractivity contribution in [3.05, 3.63) is 0 Å². The van der Waals surface area contributed by atoms with E-state index in [1.54, 1.807) is 0 Å². The quantitative estimate of drug-likeness (QED) is 0.708. The van der Waals surface area contributed by atoms with Gasteiger partial charge in [-0.05, 0) is 41.0 Å². The van der Waals surface area contributed by atoms with E-state index >= 15 is 0 Å². The van der Waals surface area contributed by atoms with Crippen LogP contribution in [0.5, 0.6) is 0 Å². The molecule has 2 unspecified atom stereocenters. The first kappa shape index (κ1) is 13.4. The molecule has 0 aromatic rings. The predicted molar refractivity (Wildman–Crippen MR) is 58.2 cm³/mol. The molecule has 0 spiro atoms. The Balaban J connectivity index is 4.00. The third-order valence-electron chi connectivity index (χ3n) is 1.91. The second kappa shape index (κ2) is 5.35. The predicted octanol–water partition coefficient (Wildman–Crippen LogP) is 2.10. The molecular formula is C11H23NO2. The maximum Gasteiger partial charge on any atom is 0.323 e. The fourth-order valence-electron chi connectivity index (χ4n) is 1.00. The molecule has 0 aliphatic rings. The lowest BCUT2D eigenvalue weighted by atomic mass is 10.2. The maximum atomic E-state index is 11.5. The molecule has 2 atom stereocenters. The Hall–Kier alpha value is -0.570. The summed E-state index contributed by atoms with van der Waals surface area (Å²) in [6.07, 6.45) is 1.01. The van der Waals surface area contributed by atoms with Crippen LogP contribution in [0, 0.1) is 0 Å². The molecule has 0 rings (SSSR count). The van der Waals surface area contributed by atoms with Crippen molar-refractivity contribution in [2.45, 2.75) is 65.6 Å². The van der Waals surface area contributed by atoms with Crippen molar-refractivity contribution in [3.63, 3.8) is 0 Å². The zero-order chi connectivity index (χ0) is 11.4. The zero-order valence-corrected chi connectivity index (χ0v) is 10.2. The molecule has 14 heavy (non-hydrogen) atoms. The SMILES string of the molecule is CCC(C)NC(C)C(=O)OC(C)(C)C. The summed E-state index contributed by atoms with van der Waals surface area (Å²) in [5.41, 5.74) is -0.400. The van der Waals surface area contributed by atoms with Crippen LogP contribution < -0.4 is 5.32 Å². The summed E-state index contributed by atoms with van der Waals surface area (Å²) in [6.45, 7) is 11.6. The van der Waals surface area contributed by atoms with Crippen LogP contribution >= 0.6 is 0 Å². The minimum Gasteiger partial charge on any atom is -0.459 e. The van der Waals surface area contributed by atoms with E-state index in [1.165, 1.54) is 0 Å². The molecule has 3 nitrogen and oxygen atoms in total. The van der Waals surface area contributed by atoms with Crippen molar-refractivity contribution in [3.8, 4) is 0 Å². The first-order valence-electron chi connectivity index (χ1n) is 5.25. The lowest BCUT2D eigenvalue weighted by Gasteiger charge is -2.24. The molecule has 84 valence electrons. The summed E-state index contributed by atoms with van der Waals surface area (Å²) in [5.74, 6) is -0.183. The Kier molecular flexibility index (Phi) is 5.13. The van der Waals surface area contributed by atoms with E-state index in [-0.39, 0.29) is 12.0 Å². The number of ether oxygens (including phenoxy) is 1. The topological polar surface area (TPSA) is 38.3 Å². The largest absolute Gasteiger partial charge is 0.459 e. The van der Waals surface area contributed by atoms with Crippen molar-refractivity contribution >= 4 is 5.97 Å². The molecule has 0 aliphatic heterocycles. The lowest BCUT2D eigenvalue weighted by Crippen LogP contribution is -2.43. The van der Waals surface area contributed by atoms with Gasteiger partial charge in [-0.25, -0.2) is 0 Å². The molecule has 1 N–H and O–H groups in total. The molecule has 0 heterocycles. The minimum absolute atomic E-state index is 0.183. The van der Waals surface area contributed by atoms with Gasteiger partial charge in [-0.1, -0.05) is 6.92 Å². The van der Waals surface area contributed by atoms with Crippen LogP contribution in [0.3, 0.4) is 0 Å². The van der Waals surface area contributed by atoms with Crippen LogP contribution in [0.4, 0.5) is 0 Å². The molecule has 0 radical (unpaired) electrons. The number of carbonyl (C=O) groups excluding carboxylic acids is 1. The summed E-state index contributed by atoms with van der Waals surface area (Å²) in [7, 11) is 0. The molecule has 0 amide bonds. The summed E-state index contributed by atoms with van der Waals surface area (Å²) in [5, 5.41) is 3.18. The first-order valence-corrected chi connectivity index (χ1v) is 5.25. The van der Waals surface area contributed by atoms with Gasteiger partial charge >= 0.3 is 5.97 Å². The van der Waals surface area contributed by atoms with E-state index in [9.17, 15) is 4.79 Å². The summed E-state index contributed by atoms with van der Waals surface area (Å²) < 4.78 is 5.24. The fraction of sp³-hybridized carbons (Fsp3) is 0.909. The third kappa shape index (κ3) is 5.97. The Morgan fingerprint density at radius 1 is 1.36 bits per heavy atom. The highest BCUT2D eigenvalue weighted by atomic mass is 16.6. The van der Waals surface area contributed by atoms with Gasteiger partial charge < -0.3 is 10.1 Å². The van der Waals surface area contributed by atoms with Crippen molar-refractivity contribution < 1.29 is 9.53 Å². The summed E-state index contributed by atoms with van der Waals surface area (Å²) in [4.78, 5) is 11.5. The standard InChI is InChI=1S/C11H23NO2/c1-7-8(2)12-9(3)10(13)14-11(4,5)6/h8-9,12H,7H2,1-6H3. The van der Waals surface area contributed by atoms with Gasteiger partial charge in [0.05, 0.1) is 0 Å². The monoisotopic (exact) mass is 201 g/mol.